The normalized spacial score (nSPS) is 23.7. The average Bonchev–Trinajstić information content (AvgIpc) is 2.76. The standard InChI is InChI=1S/C14H17BrFNO2/c1-2-14(13(18)19)6-3-7-17(14)9-10-4-5-11(16)8-12(10)15/h4-5,8H,2-3,6-7,9H2,1H3,(H,18,19). The van der Waals surface area contributed by atoms with Gasteiger partial charge in [0.15, 0.2) is 0 Å². The molecule has 1 aromatic carbocycles. The van der Waals surface area contributed by atoms with Crippen LogP contribution in [0, 0.1) is 5.82 Å². The monoisotopic (exact) mass is 329 g/mol. The van der Waals surface area contributed by atoms with Crippen LogP contribution in [0.3, 0.4) is 0 Å². The van der Waals surface area contributed by atoms with Crippen LogP contribution in [-0.2, 0) is 11.3 Å². The van der Waals surface area contributed by atoms with Gasteiger partial charge < -0.3 is 5.11 Å². The van der Waals surface area contributed by atoms with E-state index in [4.69, 9.17) is 0 Å². The Morgan fingerprint density at radius 1 is 1.58 bits per heavy atom. The predicted octanol–water partition coefficient (Wildman–Crippen LogP) is 3.42. The average molecular weight is 330 g/mol. The summed E-state index contributed by atoms with van der Waals surface area (Å²) in [4.78, 5) is 13.6. The molecule has 1 heterocycles. The van der Waals surface area contributed by atoms with E-state index in [1.165, 1.54) is 12.1 Å². The molecule has 1 atom stereocenters. The minimum Gasteiger partial charge on any atom is -0.480 e. The fraction of sp³-hybridized carbons (Fsp3) is 0.500. The summed E-state index contributed by atoms with van der Waals surface area (Å²) in [6, 6.07) is 4.53. The van der Waals surface area contributed by atoms with E-state index in [9.17, 15) is 14.3 Å². The minimum absolute atomic E-state index is 0.294. The molecular weight excluding hydrogens is 313 g/mol. The predicted molar refractivity (Wildman–Crippen MR) is 74.4 cm³/mol. The van der Waals surface area contributed by atoms with Crippen LogP contribution in [0.4, 0.5) is 4.39 Å². The Labute approximate surface area is 120 Å². The van der Waals surface area contributed by atoms with Crippen LogP contribution in [0.1, 0.15) is 31.7 Å². The second-order valence-corrected chi connectivity index (χ2v) is 5.81. The van der Waals surface area contributed by atoms with Gasteiger partial charge in [-0.3, -0.25) is 9.69 Å². The molecule has 1 fully saturated rings. The number of hydrogen-bond acceptors (Lipinski definition) is 2. The van der Waals surface area contributed by atoms with Gasteiger partial charge >= 0.3 is 5.97 Å². The lowest BCUT2D eigenvalue weighted by Gasteiger charge is -2.34. The van der Waals surface area contributed by atoms with Crippen molar-refractivity contribution in [2.75, 3.05) is 6.54 Å². The molecule has 0 spiro atoms. The zero-order valence-electron chi connectivity index (χ0n) is 10.8. The van der Waals surface area contributed by atoms with E-state index in [0.717, 1.165) is 18.5 Å². The topological polar surface area (TPSA) is 40.5 Å². The molecule has 19 heavy (non-hydrogen) atoms. The van der Waals surface area contributed by atoms with Crippen LogP contribution in [0.15, 0.2) is 22.7 Å². The number of benzene rings is 1. The molecule has 1 unspecified atom stereocenters. The molecule has 0 aliphatic carbocycles. The highest BCUT2D eigenvalue weighted by atomic mass is 79.9. The van der Waals surface area contributed by atoms with E-state index in [1.54, 1.807) is 6.07 Å². The molecule has 0 bridgehead atoms. The van der Waals surface area contributed by atoms with Crippen molar-refractivity contribution in [3.8, 4) is 0 Å². The summed E-state index contributed by atoms with van der Waals surface area (Å²) in [5.74, 6) is -1.05. The van der Waals surface area contributed by atoms with Crippen molar-refractivity contribution in [3.63, 3.8) is 0 Å². The first-order valence-corrected chi connectivity index (χ1v) is 7.21. The lowest BCUT2D eigenvalue weighted by molar-refractivity contribution is -0.150. The number of rotatable bonds is 4. The first-order chi connectivity index (χ1) is 8.99. The molecule has 1 aliphatic rings. The van der Waals surface area contributed by atoms with E-state index < -0.39 is 11.5 Å². The molecule has 5 heteroatoms. The molecule has 104 valence electrons. The van der Waals surface area contributed by atoms with Crippen molar-refractivity contribution in [3.05, 3.63) is 34.1 Å². The summed E-state index contributed by atoms with van der Waals surface area (Å²) in [6.07, 6.45) is 2.15. The fourth-order valence-corrected chi connectivity index (χ4v) is 3.29. The summed E-state index contributed by atoms with van der Waals surface area (Å²) in [5.41, 5.74) is 0.149. The smallest absolute Gasteiger partial charge is 0.324 e. The van der Waals surface area contributed by atoms with Crippen LogP contribution in [0.25, 0.3) is 0 Å². The van der Waals surface area contributed by atoms with E-state index in [2.05, 4.69) is 15.9 Å². The van der Waals surface area contributed by atoms with Crippen molar-refractivity contribution < 1.29 is 14.3 Å². The van der Waals surface area contributed by atoms with Crippen LogP contribution < -0.4 is 0 Å². The lowest BCUT2D eigenvalue weighted by atomic mass is 9.92. The number of likely N-dealkylation sites (tertiary alicyclic amines) is 1. The highest BCUT2D eigenvalue weighted by Gasteiger charge is 2.45. The zero-order chi connectivity index (χ0) is 14.0. The highest BCUT2D eigenvalue weighted by Crippen LogP contribution is 2.35. The number of nitrogens with zero attached hydrogens (tertiary/aromatic N) is 1. The quantitative estimate of drug-likeness (QED) is 0.920. The third kappa shape index (κ3) is 2.67. The number of hydrogen-bond donors (Lipinski definition) is 1. The number of carbonyl (C=O) groups is 1. The maximum atomic E-state index is 13.1. The van der Waals surface area contributed by atoms with Gasteiger partial charge in [0, 0.05) is 11.0 Å². The molecule has 1 N–H and O–H groups in total. The Hall–Kier alpha value is -0.940. The maximum Gasteiger partial charge on any atom is 0.324 e. The van der Waals surface area contributed by atoms with Crippen molar-refractivity contribution in [1.82, 2.24) is 4.90 Å². The van der Waals surface area contributed by atoms with Gasteiger partial charge in [0.05, 0.1) is 0 Å². The largest absolute Gasteiger partial charge is 0.480 e. The fourth-order valence-electron chi connectivity index (χ4n) is 2.81. The third-order valence-corrected chi connectivity index (χ3v) is 4.72. The first-order valence-electron chi connectivity index (χ1n) is 6.42. The van der Waals surface area contributed by atoms with E-state index in [0.29, 0.717) is 23.9 Å². The maximum absolute atomic E-state index is 13.1. The molecule has 1 aliphatic heterocycles. The molecule has 1 saturated heterocycles. The molecular formula is C14H17BrFNO2. The van der Waals surface area contributed by atoms with Gasteiger partial charge in [-0.2, -0.15) is 0 Å². The van der Waals surface area contributed by atoms with Crippen molar-refractivity contribution >= 4 is 21.9 Å². The lowest BCUT2D eigenvalue weighted by Crippen LogP contribution is -2.49. The Bertz CT molecular complexity index is 494. The van der Waals surface area contributed by atoms with Crippen LogP contribution >= 0.6 is 15.9 Å². The summed E-state index contributed by atoms with van der Waals surface area (Å²) < 4.78 is 13.8. The molecule has 2 rings (SSSR count). The first kappa shape index (κ1) is 14.5. The second kappa shape index (κ2) is 5.59. The summed E-state index contributed by atoms with van der Waals surface area (Å²) in [6.45, 7) is 3.21. The van der Waals surface area contributed by atoms with Crippen molar-refractivity contribution in [2.45, 2.75) is 38.3 Å². The van der Waals surface area contributed by atoms with Crippen molar-refractivity contribution in [1.29, 1.82) is 0 Å². The Morgan fingerprint density at radius 3 is 2.89 bits per heavy atom. The number of aliphatic carboxylic acids is 1. The minimum atomic E-state index is -0.770. The van der Waals surface area contributed by atoms with E-state index in [1.807, 2.05) is 11.8 Å². The van der Waals surface area contributed by atoms with Gasteiger partial charge in [-0.15, -0.1) is 0 Å². The number of carboxylic acids is 1. The molecule has 1 aromatic rings. The zero-order valence-corrected chi connectivity index (χ0v) is 12.4. The molecule has 0 aromatic heterocycles. The van der Waals surface area contributed by atoms with Gasteiger partial charge in [0.2, 0.25) is 0 Å². The second-order valence-electron chi connectivity index (χ2n) is 4.95. The van der Waals surface area contributed by atoms with Gasteiger partial charge in [-0.25, -0.2) is 4.39 Å². The SMILES string of the molecule is CCC1(C(=O)O)CCCN1Cc1ccc(F)cc1Br. The third-order valence-electron chi connectivity index (χ3n) is 3.98. The van der Waals surface area contributed by atoms with Crippen LogP contribution in [-0.4, -0.2) is 28.1 Å². The molecule has 0 radical (unpaired) electrons. The van der Waals surface area contributed by atoms with E-state index >= 15 is 0 Å². The molecule has 3 nitrogen and oxygen atoms in total. The Balaban J connectivity index is 2.24. The Morgan fingerprint density at radius 2 is 2.32 bits per heavy atom. The molecule has 0 amide bonds. The molecule has 0 saturated carbocycles. The number of carboxylic acid groups (broad SMARTS) is 1. The van der Waals surface area contributed by atoms with Gasteiger partial charge in [-0.1, -0.05) is 28.9 Å². The van der Waals surface area contributed by atoms with E-state index in [-0.39, 0.29) is 5.82 Å². The van der Waals surface area contributed by atoms with Gasteiger partial charge in [0.1, 0.15) is 11.4 Å². The van der Waals surface area contributed by atoms with Crippen molar-refractivity contribution in [2.24, 2.45) is 0 Å². The summed E-state index contributed by atoms with van der Waals surface area (Å²) in [7, 11) is 0. The highest BCUT2D eigenvalue weighted by molar-refractivity contribution is 9.10. The van der Waals surface area contributed by atoms with Gasteiger partial charge in [-0.05, 0) is 43.5 Å². The Kier molecular flexibility index (Phi) is 4.26. The van der Waals surface area contributed by atoms with Crippen LogP contribution in [0.2, 0.25) is 0 Å². The van der Waals surface area contributed by atoms with Gasteiger partial charge in [0.25, 0.3) is 0 Å². The summed E-state index contributed by atoms with van der Waals surface area (Å²) in [5, 5.41) is 9.51. The van der Waals surface area contributed by atoms with Crippen LogP contribution in [0.5, 0.6) is 0 Å². The summed E-state index contributed by atoms with van der Waals surface area (Å²) >= 11 is 3.34. The number of halogens is 2.